The quantitative estimate of drug-likeness (QED) is 0.765. The van der Waals surface area contributed by atoms with Gasteiger partial charge in [0.25, 0.3) is 5.56 Å². The Hall–Kier alpha value is -2.74. The van der Waals surface area contributed by atoms with Gasteiger partial charge in [0.05, 0.1) is 11.6 Å². The molecule has 4 rings (SSSR count). The van der Waals surface area contributed by atoms with Crippen molar-refractivity contribution in [2.75, 3.05) is 51.2 Å². The van der Waals surface area contributed by atoms with Crippen molar-refractivity contribution < 1.29 is 4.79 Å². The highest BCUT2D eigenvalue weighted by atomic mass is 16.2. The van der Waals surface area contributed by atoms with Crippen LogP contribution < -0.4 is 10.5 Å². The third-order valence-corrected chi connectivity index (χ3v) is 5.96. The third kappa shape index (κ3) is 4.17. The molecule has 0 spiro atoms. The SMILES string of the molecule is CN1CCN(C(=O)C2CCCN(c3nc(-c4ccncc4)cc(=O)n3C)C2)CC1. The molecule has 2 aliphatic rings. The Balaban J connectivity index is 1.56. The van der Waals surface area contributed by atoms with Crippen molar-refractivity contribution in [1.29, 1.82) is 0 Å². The summed E-state index contributed by atoms with van der Waals surface area (Å²) in [5.74, 6) is 0.812. The van der Waals surface area contributed by atoms with Crippen LogP contribution in [0.2, 0.25) is 0 Å². The van der Waals surface area contributed by atoms with E-state index in [-0.39, 0.29) is 17.4 Å². The summed E-state index contributed by atoms with van der Waals surface area (Å²) in [5.41, 5.74) is 1.40. The number of pyridine rings is 1. The van der Waals surface area contributed by atoms with Crippen molar-refractivity contribution in [3.05, 3.63) is 40.9 Å². The number of likely N-dealkylation sites (N-methyl/N-ethyl adjacent to an activating group) is 1. The van der Waals surface area contributed by atoms with Gasteiger partial charge in [-0.25, -0.2) is 4.98 Å². The van der Waals surface area contributed by atoms with E-state index < -0.39 is 0 Å². The molecule has 154 valence electrons. The molecular formula is C21H28N6O2. The highest BCUT2D eigenvalue weighted by Gasteiger charge is 2.32. The minimum absolute atomic E-state index is 0.0476. The average Bonchev–Trinajstić information content (AvgIpc) is 2.76. The van der Waals surface area contributed by atoms with Gasteiger partial charge < -0.3 is 14.7 Å². The summed E-state index contributed by atoms with van der Waals surface area (Å²) in [6.45, 7) is 4.83. The fourth-order valence-electron chi connectivity index (χ4n) is 4.13. The Morgan fingerprint density at radius 2 is 1.79 bits per heavy atom. The van der Waals surface area contributed by atoms with Crippen molar-refractivity contribution in [1.82, 2.24) is 24.3 Å². The van der Waals surface area contributed by atoms with Gasteiger partial charge in [0.2, 0.25) is 11.9 Å². The zero-order valence-electron chi connectivity index (χ0n) is 17.1. The van der Waals surface area contributed by atoms with Crippen molar-refractivity contribution in [2.45, 2.75) is 12.8 Å². The second-order valence-electron chi connectivity index (χ2n) is 7.99. The summed E-state index contributed by atoms with van der Waals surface area (Å²) in [7, 11) is 3.83. The second-order valence-corrected chi connectivity index (χ2v) is 7.99. The van der Waals surface area contributed by atoms with Gasteiger partial charge in [-0.2, -0.15) is 0 Å². The van der Waals surface area contributed by atoms with E-state index in [0.29, 0.717) is 18.2 Å². The van der Waals surface area contributed by atoms with E-state index in [2.05, 4.69) is 21.8 Å². The molecule has 4 heterocycles. The molecule has 2 fully saturated rings. The lowest BCUT2D eigenvalue weighted by molar-refractivity contribution is -0.137. The number of hydrogen-bond donors (Lipinski definition) is 0. The fraction of sp³-hybridized carbons (Fsp3) is 0.524. The van der Waals surface area contributed by atoms with Crippen LogP contribution in [0.15, 0.2) is 35.4 Å². The van der Waals surface area contributed by atoms with Crippen LogP contribution in [0.3, 0.4) is 0 Å². The molecule has 1 atom stereocenters. The van der Waals surface area contributed by atoms with Crippen LogP contribution in [-0.4, -0.2) is 76.6 Å². The Bertz CT molecular complexity index is 921. The summed E-state index contributed by atoms with van der Waals surface area (Å²) in [5, 5.41) is 0. The number of aromatic nitrogens is 3. The number of anilines is 1. The number of carbonyl (C=O) groups is 1. The second kappa shape index (κ2) is 8.32. The van der Waals surface area contributed by atoms with E-state index in [9.17, 15) is 9.59 Å². The third-order valence-electron chi connectivity index (χ3n) is 5.96. The first-order chi connectivity index (χ1) is 14.0. The van der Waals surface area contributed by atoms with Gasteiger partial charge in [-0.05, 0) is 32.0 Å². The van der Waals surface area contributed by atoms with Crippen molar-refractivity contribution in [3.63, 3.8) is 0 Å². The predicted molar refractivity (Wildman–Crippen MR) is 112 cm³/mol. The highest BCUT2D eigenvalue weighted by molar-refractivity contribution is 5.80. The van der Waals surface area contributed by atoms with E-state index in [4.69, 9.17) is 4.98 Å². The molecule has 1 unspecified atom stereocenters. The van der Waals surface area contributed by atoms with Gasteiger partial charge in [0, 0.05) is 70.3 Å². The van der Waals surface area contributed by atoms with Crippen LogP contribution >= 0.6 is 0 Å². The molecule has 0 aliphatic carbocycles. The zero-order valence-corrected chi connectivity index (χ0v) is 17.1. The molecule has 0 aromatic carbocycles. The monoisotopic (exact) mass is 396 g/mol. The number of piperidine rings is 1. The highest BCUT2D eigenvalue weighted by Crippen LogP contribution is 2.25. The first-order valence-corrected chi connectivity index (χ1v) is 10.2. The normalized spacial score (nSPS) is 20.7. The summed E-state index contributed by atoms with van der Waals surface area (Å²) in [4.78, 5) is 40.8. The maximum Gasteiger partial charge on any atom is 0.255 e. The molecule has 0 radical (unpaired) electrons. The molecule has 1 amide bonds. The fourth-order valence-corrected chi connectivity index (χ4v) is 4.13. The number of hydrogen-bond acceptors (Lipinski definition) is 6. The molecule has 0 N–H and O–H groups in total. The first-order valence-electron chi connectivity index (χ1n) is 10.2. The zero-order chi connectivity index (χ0) is 20.4. The maximum absolute atomic E-state index is 13.1. The van der Waals surface area contributed by atoms with Gasteiger partial charge in [-0.1, -0.05) is 0 Å². The van der Waals surface area contributed by atoms with Crippen molar-refractivity contribution in [2.24, 2.45) is 13.0 Å². The number of piperazine rings is 1. The lowest BCUT2D eigenvalue weighted by atomic mass is 9.96. The molecular weight excluding hydrogens is 368 g/mol. The number of carbonyl (C=O) groups excluding carboxylic acids is 1. The standard InChI is InChI=1S/C21H28N6O2/c1-24-10-12-26(13-11-24)20(29)17-4-3-9-27(15-17)21-23-18(14-19(28)25(21)2)16-5-7-22-8-6-16/h5-8,14,17H,3-4,9-13,15H2,1-2H3. The maximum atomic E-state index is 13.1. The number of amides is 1. The van der Waals surface area contributed by atoms with E-state index in [1.54, 1.807) is 30.1 Å². The molecule has 8 nitrogen and oxygen atoms in total. The van der Waals surface area contributed by atoms with Gasteiger partial charge >= 0.3 is 0 Å². The summed E-state index contributed by atoms with van der Waals surface area (Å²) in [6.07, 6.45) is 5.19. The molecule has 2 aliphatic heterocycles. The van der Waals surface area contributed by atoms with E-state index >= 15 is 0 Å². The molecule has 0 saturated carbocycles. The average molecular weight is 396 g/mol. The van der Waals surface area contributed by atoms with Crippen LogP contribution in [0.5, 0.6) is 0 Å². The molecule has 2 aromatic rings. The molecule has 2 saturated heterocycles. The minimum Gasteiger partial charge on any atom is -0.341 e. The molecule has 8 heteroatoms. The Labute approximate surface area is 170 Å². The Morgan fingerprint density at radius 1 is 1.07 bits per heavy atom. The van der Waals surface area contributed by atoms with E-state index in [1.807, 2.05) is 17.0 Å². The number of rotatable bonds is 3. The molecule has 0 bridgehead atoms. The summed E-state index contributed by atoms with van der Waals surface area (Å²) in [6, 6.07) is 5.25. The van der Waals surface area contributed by atoms with E-state index in [1.165, 1.54) is 0 Å². The Morgan fingerprint density at radius 3 is 2.52 bits per heavy atom. The minimum atomic E-state index is -0.102. The molecule has 2 aromatic heterocycles. The first kappa shape index (κ1) is 19.6. The molecule has 29 heavy (non-hydrogen) atoms. The van der Waals surface area contributed by atoms with Gasteiger partial charge in [-0.3, -0.25) is 19.1 Å². The number of nitrogens with zero attached hydrogens (tertiary/aromatic N) is 6. The van der Waals surface area contributed by atoms with Crippen molar-refractivity contribution >= 4 is 11.9 Å². The van der Waals surface area contributed by atoms with Gasteiger partial charge in [-0.15, -0.1) is 0 Å². The van der Waals surface area contributed by atoms with Crippen LogP contribution in [0.4, 0.5) is 5.95 Å². The van der Waals surface area contributed by atoms with Crippen LogP contribution in [0, 0.1) is 5.92 Å². The summed E-state index contributed by atoms with van der Waals surface area (Å²) < 4.78 is 1.58. The summed E-state index contributed by atoms with van der Waals surface area (Å²) >= 11 is 0. The smallest absolute Gasteiger partial charge is 0.255 e. The van der Waals surface area contributed by atoms with Crippen LogP contribution in [0.25, 0.3) is 11.3 Å². The lowest BCUT2D eigenvalue weighted by Gasteiger charge is -2.38. The van der Waals surface area contributed by atoms with Crippen molar-refractivity contribution in [3.8, 4) is 11.3 Å². The Kier molecular flexibility index (Phi) is 5.62. The largest absolute Gasteiger partial charge is 0.341 e. The predicted octanol–water partition coefficient (Wildman–Crippen LogP) is 0.833. The topological polar surface area (TPSA) is 74.6 Å². The lowest BCUT2D eigenvalue weighted by Crippen LogP contribution is -2.52. The van der Waals surface area contributed by atoms with Crippen LogP contribution in [-0.2, 0) is 11.8 Å². The van der Waals surface area contributed by atoms with Gasteiger partial charge in [0.15, 0.2) is 0 Å². The van der Waals surface area contributed by atoms with Crippen LogP contribution in [0.1, 0.15) is 12.8 Å². The van der Waals surface area contributed by atoms with Gasteiger partial charge in [0.1, 0.15) is 0 Å². The van der Waals surface area contributed by atoms with E-state index in [0.717, 1.165) is 51.1 Å².